The van der Waals surface area contributed by atoms with Gasteiger partial charge in [0.15, 0.2) is 12.2 Å². The molecule has 0 aliphatic heterocycles. The van der Waals surface area contributed by atoms with Crippen molar-refractivity contribution >= 4 is 39.5 Å². The van der Waals surface area contributed by atoms with E-state index in [0.29, 0.717) is 25.7 Å². The van der Waals surface area contributed by atoms with E-state index in [0.717, 1.165) is 115 Å². The molecule has 0 aromatic carbocycles. The molecule has 83 heavy (non-hydrogen) atoms. The van der Waals surface area contributed by atoms with Crippen LogP contribution in [0, 0.1) is 11.8 Å². The number of unbranched alkanes of at least 4 members (excludes halogenated alkanes) is 33. The Hall–Kier alpha value is -1.94. The summed E-state index contributed by atoms with van der Waals surface area (Å²) in [5, 5.41) is 10.5. The number of carbonyl (C=O) groups is 4. The zero-order valence-corrected chi connectivity index (χ0v) is 55.3. The van der Waals surface area contributed by atoms with Crippen LogP contribution in [0.4, 0.5) is 0 Å². The van der Waals surface area contributed by atoms with Crippen molar-refractivity contribution in [3.05, 3.63) is 0 Å². The highest BCUT2D eigenvalue weighted by atomic mass is 31.2. The number of phosphoric acid groups is 2. The summed E-state index contributed by atoms with van der Waals surface area (Å²) in [7, 11) is -9.87. The third-order valence-corrected chi connectivity index (χ3v) is 16.6. The van der Waals surface area contributed by atoms with E-state index in [1.54, 1.807) is 0 Å². The second-order valence-electron chi connectivity index (χ2n) is 24.1. The van der Waals surface area contributed by atoms with Crippen molar-refractivity contribution in [1.82, 2.24) is 0 Å². The van der Waals surface area contributed by atoms with Crippen LogP contribution in [0.1, 0.15) is 318 Å². The molecule has 0 saturated carbocycles. The molecule has 0 aromatic rings. The fourth-order valence-corrected chi connectivity index (χ4v) is 11.1. The Bertz CT molecular complexity index is 1630. The average molecular weight is 1230 g/mol. The molecule has 0 bridgehead atoms. The minimum atomic E-state index is -4.94. The molecule has 0 amide bonds. The van der Waals surface area contributed by atoms with Gasteiger partial charge in [0.2, 0.25) is 0 Å². The number of esters is 4. The quantitative estimate of drug-likeness (QED) is 0.0222. The zero-order chi connectivity index (χ0) is 61.5. The Morgan fingerprint density at radius 3 is 0.819 bits per heavy atom. The number of hydrogen-bond donors (Lipinski definition) is 3. The van der Waals surface area contributed by atoms with Gasteiger partial charge in [0, 0.05) is 25.7 Å². The first-order chi connectivity index (χ1) is 39.9. The lowest BCUT2D eigenvalue weighted by molar-refractivity contribution is -0.161. The predicted octanol–water partition coefficient (Wildman–Crippen LogP) is 17.7. The maximum atomic E-state index is 13.0. The van der Waals surface area contributed by atoms with Crippen molar-refractivity contribution in [2.24, 2.45) is 11.8 Å². The Kier molecular flexibility index (Phi) is 55.2. The summed E-state index contributed by atoms with van der Waals surface area (Å²) in [5.41, 5.74) is 0. The number of rotatable bonds is 63. The van der Waals surface area contributed by atoms with E-state index in [-0.39, 0.29) is 25.7 Å². The lowest BCUT2D eigenvalue weighted by atomic mass is 10.0. The molecule has 3 N–H and O–H groups in total. The van der Waals surface area contributed by atoms with Crippen LogP contribution in [0.15, 0.2) is 0 Å². The van der Waals surface area contributed by atoms with Crippen LogP contribution < -0.4 is 0 Å². The molecule has 0 fully saturated rings. The first kappa shape index (κ1) is 81.1. The van der Waals surface area contributed by atoms with Crippen LogP contribution >= 0.6 is 15.6 Å². The smallest absolute Gasteiger partial charge is 0.462 e. The highest BCUT2D eigenvalue weighted by Gasteiger charge is 2.30. The van der Waals surface area contributed by atoms with Gasteiger partial charge in [-0.15, -0.1) is 0 Å². The van der Waals surface area contributed by atoms with Gasteiger partial charge >= 0.3 is 39.5 Å². The number of ether oxygens (including phenoxy) is 4. The van der Waals surface area contributed by atoms with E-state index < -0.39 is 97.5 Å². The molecule has 2 unspecified atom stereocenters. The van der Waals surface area contributed by atoms with E-state index in [9.17, 15) is 43.2 Å². The maximum absolute atomic E-state index is 13.0. The van der Waals surface area contributed by atoms with Crippen LogP contribution in [0.5, 0.6) is 0 Å². The van der Waals surface area contributed by atoms with Gasteiger partial charge in [-0.25, -0.2) is 9.13 Å². The molecular formula is C64H124O17P2. The van der Waals surface area contributed by atoms with Gasteiger partial charge in [-0.3, -0.25) is 37.3 Å². The largest absolute Gasteiger partial charge is 0.472 e. The first-order valence-electron chi connectivity index (χ1n) is 33.5. The summed E-state index contributed by atoms with van der Waals surface area (Å²) in [4.78, 5) is 71.9. The molecule has 0 heterocycles. The maximum Gasteiger partial charge on any atom is 0.472 e. The van der Waals surface area contributed by atoms with Crippen molar-refractivity contribution in [1.29, 1.82) is 0 Å². The molecule has 5 atom stereocenters. The third-order valence-electron chi connectivity index (χ3n) is 14.7. The molecule has 0 rings (SSSR count). The van der Waals surface area contributed by atoms with E-state index in [4.69, 9.17) is 37.0 Å². The average Bonchev–Trinajstić information content (AvgIpc) is 3.44. The standard InChI is InChI=1S/C64H124O17P2/c1-7-9-11-13-14-29-36-42-48-63(68)80-59(52-74-61(66)46-40-32-12-10-8-2)54-78-82(70,71)76-50-58(65)51-77-83(72,73)79-55-60(53-75-62(67)47-41-35-30-25-22-18-20-24-28-34-39-45-57(5)6)81-64(69)49-43-37-31-26-21-17-15-16-19-23-27-33-38-44-56(3)4/h56-60,65H,7-55H2,1-6H3,(H,70,71)(H,72,73)/t58-,59+,60+/m0/s1. The summed E-state index contributed by atoms with van der Waals surface area (Å²) in [5.74, 6) is -0.589. The SMILES string of the molecule is CCCCCCCCCCC(=O)O[C@H](COC(=O)CCCCCCC)COP(=O)(O)OC[C@H](O)COP(=O)(O)OC[C@@H](COC(=O)CCCCCCCCCCCCCC(C)C)OC(=O)CCCCCCCCCCCCCCCC(C)C. The number of aliphatic hydroxyl groups excluding tert-OH is 1. The van der Waals surface area contributed by atoms with Crippen molar-refractivity contribution in [2.75, 3.05) is 39.6 Å². The molecule has 492 valence electrons. The Labute approximate surface area is 505 Å². The normalized spacial score (nSPS) is 14.3. The van der Waals surface area contributed by atoms with Crippen LogP contribution in [0.3, 0.4) is 0 Å². The van der Waals surface area contributed by atoms with E-state index in [2.05, 4.69) is 41.5 Å². The van der Waals surface area contributed by atoms with Gasteiger partial charge in [0.1, 0.15) is 19.3 Å². The summed E-state index contributed by atoms with van der Waals surface area (Å²) in [6.45, 7) is 9.40. The van der Waals surface area contributed by atoms with Crippen molar-refractivity contribution in [3.8, 4) is 0 Å². The highest BCUT2D eigenvalue weighted by molar-refractivity contribution is 7.47. The predicted molar refractivity (Wildman–Crippen MR) is 331 cm³/mol. The second-order valence-corrected chi connectivity index (χ2v) is 27.0. The lowest BCUT2D eigenvalue weighted by Gasteiger charge is -2.21. The Balaban J connectivity index is 5.16. The summed E-state index contributed by atoms with van der Waals surface area (Å²) >= 11 is 0. The summed E-state index contributed by atoms with van der Waals surface area (Å²) < 4.78 is 67.7. The first-order valence-corrected chi connectivity index (χ1v) is 36.5. The topological polar surface area (TPSA) is 237 Å². The summed E-state index contributed by atoms with van der Waals surface area (Å²) in [6.07, 6.45) is 39.3. The van der Waals surface area contributed by atoms with Gasteiger partial charge in [0.05, 0.1) is 26.4 Å². The van der Waals surface area contributed by atoms with Gasteiger partial charge in [-0.2, -0.15) is 0 Å². The zero-order valence-electron chi connectivity index (χ0n) is 53.5. The van der Waals surface area contributed by atoms with E-state index in [1.807, 2.05) is 0 Å². The number of hydrogen-bond acceptors (Lipinski definition) is 15. The van der Waals surface area contributed by atoms with Crippen molar-refractivity contribution in [3.63, 3.8) is 0 Å². The molecule has 19 heteroatoms. The minimum absolute atomic E-state index is 0.104. The number of carbonyl (C=O) groups excluding carboxylic acids is 4. The minimum Gasteiger partial charge on any atom is -0.462 e. The Morgan fingerprint density at radius 1 is 0.325 bits per heavy atom. The molecule has 0 radical (unpaired) electrons. The van der Waals surface area contributed by atoms with Gasteiger partial charge in [0.25, 0.3) is 0 Å². The van der Waals surface area contributed by atoms with Gasteiger partial charge < -0.3 is 33.8 Å². The summed E-state index contributed by atoms with van der Waals surface area (Å²) in [6, 6.07) is 0. The highest BCUT2D eigenvalue weighted by Crippen LogP contribution is 2.45. The van der Waals surface area contributed by atoms with Crippen LogP contribution in [0.25, 0.3) is 0 Å². The molecule has 0 spiro atoms. The fraction of sp³-hybridized carbons (Fsp3) is 0.938. The monoisotopic (exact) mass is 1230 g/mol. The lowest BCUT2D eigenvalue weighted by Crippen LogP contribution is -2.30. The number of phosphoric ester groups is 2. The molecule has 0 aromatic heterocycles. The van der Waals surface area contributed by atoms with E-state index in [1.165, 1.54) is 122 Å². The van der Waals surface area contributed by atoms with Crippen molar-refractivity contribution < 1.29 is 80.2 Å². The van der Waals surface area contributed by atoms with Crippen LogP contribution in [-0.4, -0.2) is 96.7 Å². The molecule has 17 nitrogen and oxygen atoms in total. The molecular weight excluding hydrogens is 1100 g/mol. The fourth-order valence-electron chi connectivity index (χ4n) is 9.53. The van der Waals surface area contributed by atoms with E-state index >= 15 is 0 Å². The Morgan fingerprint density at radius 2 is 0.554 bits per heavy atom. The second kappa shape index (κ2) is 56.6. The number of aliphatic hydroxyl groups is 1. The molecule has 0 saturated heterocycles. The van der Waals surface area contributed by atoms with Gasteiger partial charge in [-0.05, 0) is 37.5 Å². The molecule has 0 aliphatic rings. The van der Waals surface area contributed by atoms with Crippen molar-refractivity contribution in [2.45, 2.75) is 336 Å². The van der Waals surface area contributed by atoms with Gasteiger partial charge in [-0.1, -0.05) is 266 Å². The van der Waals surface area contributed by atoms with Crippen LogP contribution in [-0.2, 0) is 65.4 Å². The third kappa shape index (κ3) is 58.8. The van der Waals surface area contributed by atoms with Crippen LogP contribution in [0.2, 0.25) is 0 Å². The molecule has 0 aliphatic carbocycles.